The van der Waals surface area contributed by atoms with Crippen molar-refractivity contribution >= 4 is 34.4 Å². The fourth-order valence-electron chi connectivity index (χ4n) is 4.96. The number of ketones is 1. The summed E-state index contributed by atoms with van der Waals surface area (Å²) in [5, 5.41) is 22.1. The number of nitrogens with zero attached hydrogens (tertiary/aromatic N) is 3. The van der Waals surface area contributed by atoms with Gasteiger partial charge in [0, 0.05) is 30.0 Å². The van der Waals surface area contributed by atoms with Crippen LogP contribution in [0.5, 0.6) is 5.75 Å². The van der Waals surface area contributed by atoms with Gasteiger partial charge in [0.2, 0.25) is 5.78 Å². The van der Waals surface area contributed by atoms with Crippen LogP contribution in [0.15, 0.2) is 90.2 Å². The predicted molar refractivity (Wildman–Crippen MR) is 155 cm³/mol. The van der Waals surface area contributed by atoms with Gasteiger partial charge in [0.15, 0.2) is 5.76 Å². The van der Waals surface area contributed by atoms with Gasteiger partial charge in [-0.15, -0.1) is 11.3 Å². The lowest BCUT2D eigenvalue weighted by molar-refractivity contribution is -0.117. The number of rotatable bonds is 8. The number of phenols is 1. The monoisotopic (exact) mass is 539 g/mol. The highest BCUT2D eigenvalue weighted by atomic mass is 32.1. The van der Waals surface area contributed by atoms with E-state index >= 15 is 0 Å². The molecule has 8 heteroatoms. The van der Waals surface area contributed by atoms with Crippen LogP contribution in [0.4, 0.5) is 11.4 Å². The first-order valence-electron chi connectivity index (χ1n) is 12.8. The van der Waals surface area contributed by atoms with Crippen molar-refractivity contribution in [1.29, 1.82) is 0 Å². The molecular weight excluding hydrogens is 510 g/mol. The van der Waals surface area contributed by atoms with Crippen LogP contribution in [0.25, 0.3) is 10.6 Å². The Hall–Kier alpha value is -4.43. The molecule has 1 atom stereocenters. The molecule has 1 aromatic heterocycles. The van der Waals surface area contributed by atoms with Gasteiger partial charge in [-0.25, -0.2) is 4.98 Å². The summed E-state index contributed by atoms with van der Waals surface area (Å²) >= 11 is 1.23. The van der Waals surface area contributed by atoms with E-state index in [0.29, 0.717) is 26.8 Å². The minimum absolute atomic E-state index is 0.00435. The van der Waals surface area contributed by atoms with Crippen molar-refractivity contribution in [3.8, 4) is 16.3 Å². The van der Waals surface area contributed by atoms with Gasteiger partial charge in [-0.2, -0.15) is 0 Å². The lowest BCUT2D eigenvalue weighted by Crippen LogP contribution is -2.31. The normalized spacial score (nSPS) is 15.2. The number of thiazole rings is 1. The topological polar surface area (TPSA) is 94.0 Å². The summed E-state index contributed by atoms with van der Waals surface area (Å²) in [7, 11) is 0. The molecule has 39 heavy (non-hydrogen) atoms. The van der Waals surface area contributed by atoms with Gasteiger partial charge in [0.25, 0.3) is 5.91 Å². The van der Waals surface area contributed by atoms with Crippen molar-refractivity contribution in [3.05, 3.63) is 106 Å². The van der Waals surface area contributed by atoms with E-state index in [2.05, 4.69) is 23.7 Å². The van der Waals surface area contributed by atoms with Gasteiger partial charge in [0.1, 0.15) is 10.8 Å². The third kappa shape index (κ3) is 4.79. The summed E-state index contributed by atoms with van der Waals surface area (Å²) in [6.45, 7) is 7.57. The molecule has 0 saturated heterocycles. The maximum Gasteiger partial charge on any atom is 0.294 e. The third-order valence-electron chi connectivity index (χ3n) is 6.92. The van der Waals surface area contributed by atoms with E-state index in [1.54, 1.807) is 19.1 Å². The number of aryl methyl sites for hydroxylation is 1. The van der Waals surface area contributed by atoms with Gasteiger partial charge in [0.05, 0.1) is 22.2 Å². The van der Waals surface area contributed by atoms with Gasteiger partial charge in [-0.3, -0.25) is 14.5 Å². The summed E-state index contributed by atoms with van der Waals surface area (Å²) in [4.78, 5) is 36.1. The molecule has 0 spiro atoms. The summed E-state index contributed by atoms with van der Waals surface area (Å²) in [6.07, 6.45) is 0. The third-order valence-corrected chi connectivity index (χ3v) is 8.12. The molecule has 1 aliphatic rings. The summed E-state index contributed by atoms with van der Waals surface area (Å²) in [5.41, 5.74) is 3.41. The van der Waals surface area contributed by atoms with Crippen molar-refractivity contribution in [2.24, 2.45) is 0 Å². The number of amides is 1. The van der Waals surface area contributed by atoms with Crippen LogP contribution in [0.2, 0.25) is 0 Å². The maximum atomic E-state index is 14.0. The fraction of sp³-hybridized carbons (Fsp3) is 0.194. The largest absolute Gasteiger partial charge is 0.508 e. The molecule has 4 aromatic rings. The van der Waals surface area contributed by atoms with Crippen LogP contribution in [-0.4, -0.2) is 40.0 Å². The molecular formula is C31H29N3O4S. The first-order valence-corrected chi connectivity index (χ1v) is 13.6. The summed E-state index contributed by atoms with van der Waals surface area (Å²) in [5.74, 6) is -1.74. The minimum atomic E-state index is -0.932. The Labute approximate surface area is 231 Å². The minimum Gasteiger partial charge on any atom is -0.508 e. The van der Waals surface area contributed by atoms with Crippen LogP contribution in [-0.2, 0) is 4.79 Å². The van der Waals surface area contributed by atoms with Crippen LogP contribution in [0.1, 0.15) is 40.8 Å². The van der Waals surface area contributed by atoms with Gasteiger partial charge in [-0.1, -0.05) is 42.5 Å². The zero-order chi connectivity index (χ0) is 27.7. The van der Waals surface area contributed by atoms with E-state index < -0.39 is 23.5 Å². The summed E-state index contributed by atoms with van der Waals surface area (Å²) in [6, 6.07) is 22.5. The van der Waals surface area contributed by atoms with E-state index in [-0.39, 0.29) is 11.3 Å². The number of anilines is 2. The number of phenolic OH excluding ortho intramolecular Hbond substituents is 1. The predicted octanol–water partition coefficient (Wildman–Crippen LogP) is 6.45. The molecule has 198 valence electrons. The number of hydrogen-bond acceptors (Lipinski definition) is 7. The molecule has 0 aliphatic carbocycles. The van der Waals surface area contributed by atoms with Crippen LogP contribution in [0, 0.1) is 6.92 Å². The average molecular weight is 540 g/mol. The van der Waals surface area contributed by atoms with Gasteiger partial charge >= 0.3 is 0 Å². The van der Waals surface area contributed by atoms with Crippen molar-refractivity contribution in [3.63, 3.8) is 0 Å². The average Bonchev–Trinajstić information content (AvgIpc) is 3.47. The first-order chi connectivity index (χ1) is 18.8. The lowest BCUT2D eigenvalue weighted by Gasteiger charge is -2.28. The molecule has 1 amide bonds. The zero-order valence-corrected chi connectivity index (χ0v) is 22.8. The zero-order valence-electron chi connectivity index (χ0n) is 22.0. The lowest BCUT2D eigenvalue weighted by atomic mass is 9.94. The molecule has 7 nitrogen and oxygen atoms in total. The SMILES string of the molecule is CCN(CC)c1ccc(N2C(=O)C(O)=C(C(=O)c3sc(-c4ccccc4)nc3C)C2c2cccc(O)c2)cc1. The second kappa shape index (κ2) is 10.7. The first kappa shape index (κ1) is 26.2. The van der Waals surface area contributed by atoms with E-state index in [1.165, 1.54) is 28.4 Å². The summed E-state index contributed by atoms with van der Waals surface area (Å²) < 4.78 is 0. The number of aliphatic hydroxyl groups is 1. The van der Waals surface area contributed by atoms with Gasteiger partial charge < -0.3 is 15.1 Å². The number of Topliss-reactive ketones (excluding diaryl/α,β-unsaturated/α-hetero) is 1. The number of hydrogen-bond donors (Lipinski definition) is 2. The molecule has 2 heterocycles. The van der Waals surface area contributed by atoms with E-state index in [4.69, 9.17) is 0 Å². The molecule has 5 rings (SSSR count). The molecule has 3 aromatic carbocycles. The molecule has 2 N–H and O–H groups in total. The highest BCUT2D eigenvalue weighted by Gasteiger charge is 2.45. The molecule has 0 fully saturated rings. The number of benzene rings is 3. The van der Waals surface area contributed by atoms with Crippen LogP contribution >= 0.6 is 11.3 Å². The van der Waals surface area contributed by atoms with E-state index in [0.717, 1.165) is 24.3 Å². The Kier molecular flexibility index (Phi) is 7.21. The molecule has 0 radical (unpaired) electrons. The number of aromatic nitrogens is 1. The molecule has 0 bridgehead atoms. The molecule has 1 unspecified atom stereocenters. The van der Waals surface area contributed by atoms with E-state index in [9.17, 15) is 19.8 Å². The number of aromatic hydroxyl groups is 1. The van der Waals surface area contributed by atoms with Gasteiger partial charge in [-0.05, 0) is 62.7 Å². The Morgan fingerprint density at radius 1 is 0.974 bits per heavy atom. The second-order valence-electron chi connectivity index (χ2n) is 9.25. The maximum absolute atomic E-state index is 14.0. The van der Waals surface area contributed by atoms with Crippen LogP contribution in [0.3, 0.4) is 0 Å². The Balaban J connectivity index is 1.59. The van der Waals surface area contributed by atoms with Crippen LogP contribution < -0.4 is 9.80 Å². The second-order valence-corrected chi connectivity index (χ2v) is 10.3. The van der Waals surface area contributed by atoms with Crippen molar-refractivity contribution in [2.75, 3.05) is 22.9 Å². The number of aliphatic hydroxyl groups excluding tert-OH is 1. The molecule has 0 saturated carbocycles. The highest BCUT2D eigenvalue weighted by Crippen LogP contribution is 2.44. The van der Waals surface area contributed by atoms with Crippen molar-refractivity contribution in [2.45, 2.75) is 26.8 Å². The quantitative estimate of drug-likeness (QED) is 0.250. The Morgan fingerprint density at radius 2 is 1.67 bits per heavy atom. The van der Waals surface area contributed by atoms with Crippen molar-refractivity contribution in [1.82, 2.24) is 4.98 Å². The number of carbonyl (C=O) groups excluding carboxylic acids is 2. The highest BCUT2D eigenvalue weighted by molar-refractivity contribution is 7.17. The Morgan fingerprint density at radius 3 is 2.31 bits per heavy atom. The van der Waals surface area contributed by atoms with E-state index in [1.807, 2.05) is 54.6 Å². The number of carbonyl (C=O) groups is 2. The standard InChI is InChI=1S/C31H29N3O4S/c1-4-33(5-2)22-14-16-23(17-15-22)34-26(21-12-9-13-24(35)18-21)25(28(37)31(34)38)27(36)29-19(3)32-30(39-29)20-10-7-6-8-11-20/h6-18,26,35,37H,4-5H2,1-3H3. The Bertz CT molecular complexity index is 1560. The van der Waals surface area contributed by atoms with Crippen molar-refractivity contribution < 1.29 is 19.8 Å². The molecule has 1 aliphatic heterocycles. The smallest absolute Gasteiger partial charge is 0.294 e. The fourth-order valence-corrected chi connectivity index (χ4v) is 5.99.